The van der Waals surface area contributed by atoms with Crippen LogP contribution in [-0.4, -0.2) is 26.9 Å². The number of aryl methyl sites for hydroxylation is 1. The molecule has 0 aromatic heterocycles. The molecule has 2 aromatic rings. The Morgan fingerprint density at radius 1 is 1.19 bits per heavy atom. The van der Waals surface area contributed by atoms with Crippen molar-refractivity contribution in [2.24, 2.45) is 0 Å². The summed E-state index contributed by atoms with van der Waals surface area (Å²) in [5.41, 5.74) is 1.11. The lowest BCUT2D eigenvalue weighted by Crippen LogP contribution is -2.43. The smallest absolute Gasteiger partial charge is 0.264 e. The molecule has 0 aliphatic carbocycles. The molecule has 0 heterocycles. The molecule has 0 bridgehead atoms. The molecule has 2 rings (SSSR count). The van der Waals surface area contributed by atoms with Crippen molar-refractivity contribution in [3.63, 3.8) is 0 Å². The average molecular weight is 409 g/mol. The minimum absolute atomic E-state index is 0.0239. The number of anilines is 1. The van der Waals surface area contributed by atoms with Crippen molar-refractivity contribution in [3.8, 4) is 0 Å². The van der Waals surface area contributed by atoms with Crippen LogP contribution in [0.25, 0.3) is 0 Å². The number of carbonyl (C=O) groups excluding carboxylic acids is 1. The van der Waals surface area contributed by atoms with E-state index < -0.39 is 10.0 Å². The topological polar surface area (TPSA) is 66.5 Å². The van der Waals surface area contributed by atoms with E-state index in [4.69, 9.17) is 11.6 Å². The van der Waals surface area contributed by atoms with E-state index >= 15 is 0 Å². The van der Waals surface area contributed by atoms with E-state index in [1.807, 2.05) is 13.8 Å². The number of hydrogen-bond acceptors (Lipinski definition) is 3. The average Bonchev–Trinajstić information content (AvgIpc) is 2.62. The lowest BCUT2D eigenvalue weighted by Gasteiger charge is -2.26. The molecule has 7 heteroatoms. The van der Waals surface area contributed by atoms with Gasteiger partial charge in [0, 0.05) is 11.1 Å². The van der Waals surface area contributed by atoms with Crippen LogP contribution in [0, 0.1) is 6.92 Å². The number of rotatable bonds is 8. The Labute approximate surface area is 166 Å². The molecule has 0 saturated heterocycles. The first-order valence-electron chi connectivity index (χ1n) is 8.89. The molecular weight excluding hydrogens is 384 g/mol. The summed E-state index contributed by atoms with van der Waals surface area (Å²) in [7, 11) is -3.92. The summed E-state index contributed by atoms with van der Waals surface area (Å²) in [5.74, 6) is -0.352. The molecule has 0 aliphatic rings. The second-order valence-corrected chi connectivity index (χ2v) is 8.81. The molecule has 5 nitrogen and oxygen atoms in total. The first-order valence-corrected chi connectivity index (χ1v) is 10.7. The molecule has 146 valence electrons. The number of halogens is 1. The van der Waals surface area contributed by atoms with Crippen molar-refractivity contribution in [2.45, 2.75) is 44.6 Å². The van der Waals surface area contributed by atoms with Gasteiger partial charge < -0.3 is 5.32 Å². The number of nitrogens with zero attached hydrogens (tertiary/aromatic N) is 1. The van der Waals surface area contributed by atoms with Gasteiger partial charge in [0.05, 0.1) is 10.6 Å². The summed E-state index contributed by atoms with van der Waals surface area (Å²) in [6.07, 6.45) is 1.76. The van der Waals surface area contributed by atoms with E-state index in [-0.39, 0.29) is 23.4 Å². The van der Waals surface area contributed by atoms with Crippen LogP contribution in [0.5, 0.6) is 0 Å². The fraction of sp³-hybridized carbons (Fsp3) is 0.350. The SMILES string of the molecule is CCC[C@H](C)NC(=O)CN(c1cc(Cl)ccc1C)S(=O)(=O)c1ccccc1. The van der Waals surface area contributed by atoms with Gasteiger partial charge in [-0.05, 0) is 50.1 Å². The zero-order valence-corrected chi connectivity index (χ0v) is 17.3. The highest BCUT2D eigenvalue weighted by Gasteiger charge is 2.28. The highest BCUT2D eigenvalue weighted by molar-refractivity contribution is 7.92. The maximum Gasteiger partial charge on any atom is 0.264 e. The summed E-state index contributed by atoms with van der Waals surface area (Å²) in [6.45, 7) is 5.41. The molecule has 2 aromatic carbocycles. The van der Waals surface area contributed by atoms with Crippen LogP contribution in [0.2, 0.25) is 5.02 Å². The predicted molar refractivity (Wildman–Crippen MR) is 110 cm³/mol. The molecule has 1 atom stereocenters. The summed E-state index contributed by atoms with van der Waals surface area (Å²) in [4.78, 5) is 12.7. The number of nitrogens with one attached hydrogen (secondary N) is 1. The lowest BCUT2D eigenvalue weighted by molar-refractivity contribution is -0.120. The Bertz CT molecular complexity index is 885. The van der Waals surface area contributed by atoms with Gasteiger partial charge in [0.25, 0.3) is 10.0 Å². The number of carbonyl (C=O) groups is 1. The van der Waals surface area contributed by atoms with Crippen molar-refractivity contribution in [1.29, 1.82) is 0 Å². The lowest BCUT2D eigenvalue weighted by atomic mass is 10.2. The van der Waals surface area contributed by atoms with Gasteiger partial charge in [-0.2, -0.15) is 0 Å². The molecule has 1 N–H and O–H groups in total. The third kappa shape index (κ3) is 5.47. The van der Waals surface area contributed by atoms with Crippen molar-refractivity contribution in [3.05, 3.63) is 59.1 Å². The standard InChI is InChI=1S/C20H25ClN2O3S/c1-4-8-16(3)22-20(24)14-23(19-13-17(21)12-11-15(19)2)27(25,26)18-9-6-5-7-10-18/h5-7,9-13,16H,4,8,14H2,1-3H3,(H,22,24)/t16-/m0/s1. The number of amides is 1. The predicted octanol–water partition coefficient (Wildman–Crippen LogP) is 4.15. The summed E-state index contributed by atoms with van der Waals surface area (Å²) in [6, 6.07) is 13.1. The van der Waals surface area contributed by atoms with Crippen LogP contribution < -0.4 is 9.62 Å². The van der Waals surface area contributed by atoms with E-state index in [1.165, 1.54) is 12.1 Å². The van der Waals surface area contributed by atoms with Crippen LogP contribution in [0.3, 0.4) is 0 Å². The van der Waals surface area contributed by atoms with Crippen molar-refractivity contribution < 1.29 is 13.2 Å². The van der Waals surface area contributed by atoms with E-state index in [9.17, 15) is 13.2 Å². The van der Waals surface area contributed by atoms with Gasteiger partial charge in [-0.15, -0.1) is 0 Å². The van der Waals surface area contributed by atoms with Gasteiger partial charge in [0.1, 0.15) is 6.54 Å². The van der Waals surface area contributed by atoms with Gasteiger partial charge in [0.2, 0.25) is 5.91 Å². The quantitative estimate of drug-likeness (QED) is 0.713. The van der Waals surface area contributed by atoms with Crippen molar-refractivity contribution in [1.82, 2.24) is 5.32 Å². The molecule has 0 radical (unpaired) electrons. The fourth-order valence-corrected chi connectivity index (χ4v) is 4.49. The molecule has 0 saturated carbocycles. The van der Waals surface area contributed by atoms with Gasteiger partial charge in [0.15, 0.2) is 0 Å². The zero-order chi connectivity index (χ0) is 20.0. The van der Waals surface area contributed by atoms with Gasteiger partial charge in [-0.1, -0.05) is 49.2 Å². The highest BCUT2D eigenvalue weighted by Crippen LogP contribution is 2.29. The Morgan fingerprint density at radius 3 is 2.48 bits per heavy atom. The first-order chi connectivity index (χ1) is 12.8. The second kappa shape index (κ2) is 9.24. The molecule has 0 unspecified atom stereocenters. The van der Waals surface area contributed by atoms with E-state index in [0.717, 1.165) is 17.1 Å². The minimum atomic E-state index is -3.92. The van der Waals surface area contributed by atoms with Gasteiger partial charge in [-0.3, -0.25) is 9.10 Å². The highest BCUT2D eigenvalue weighted by atomic mass is 35.5. The Morgan fingerprint density at radius 2 is 1.85 bits per heavy atom. The maximum atomic E-state index is 13.2. The van der Waals surface area contributed by atoms with Gasteiger partial charge in [-0.25, -0.2) is 8.42 Å². The van der Waals surface area contributed by atoms with E-state index in [1.54, 1.807) is 43.3 Å². The van der Waals surface area contributed by atoms with Crippen molar-refractivity contribution >= 4 is 33.2 Å². The van der Waals surface area contributed by atoms with Gasteiger partial charge >= 0.3 is 0 Å². The first kappa shape index (κ1) is 21.3. The van der Waals surface area contributed by atoms with Crippen LogP contribution >= 0.6 is 11.6 Å². The Balaban J connectivity index is 2.43. The normalized spacial score (nSPS) is 12.4. The summed E-state index contributed by atoms with van der Waals surface area (Å²) in [5, 5.41) is 3.27. The summed E-state index contributed by atoms with van der Waals surface area (Å²) >= 11 is 6.10. The fourth-order valence-electron chi connectivity index (χ4n) is 2.83. The molecule has 27 heavy (non-hydrogen) atoms. The second-order valence-electron chi connectivity index (χ2n) is 6.51. The zero-order valence-electron chi connectivity index (χ0n) is 15.8. The molecule has 0 aliphatic heterocycles. The minimum Gasteiger partial charge on any atom is -0.352 e. The van der Waals surface area contributed by atoms with Crippen LogP contribution in [-0.2, 0) is 14.8 Å². The maximum absolute atomic E-state index is 13.2. The third-order valence-electron chi connectivity index (χ3n) is 4.19. The number of benzene rings is 2. The number of sulfonamides is 1. The monoisotopic (exact) mass is 408 g/mol. The van der Waals surface area contributed by atoms with Crippen molar-refractivity contribution in [2.75, 3.05) is 10.8 Å². The third-order valence-corrected chi connectivity index (χ3v) is 6.20. The molecular formula is C20H25ClN2O3S. The largest absolute Gasteiger partial charge is 0.352 e. The summed E-state index contributed by atoms with van der Waals surface area (Å²) < 4.78 is 27.6. The van der Waals surface area contributed by atoms with Crippen LogP contribution in [0.1, 0.15) is 32.3 Å². The Hall–Kier alpha value is -2.05. The van der Waals surface area contributed by atoms with E-state index in [0.29, 0.717) is 16.3 Å². The van der Waals surface area contributed by atoms with Crippen LogP contribution in [0.4, 0.5) is 5.69 Å². The van der Waals surface area contributed by atoms with Crippen LogP contribution in [0.15, 0.2) is 53.4 Å². The number of hydrogen-bond donors (Lipinski definition) is 1. The molecule has 0 spiro atoms. The Kier molecular flexibility index (Phi) is 7.27. The van der Waals surface area contributed by atoms with E-state index in [2.05, 4.69) is 5.32 Å². The molecule has 1 amide bonds. The molecule has 0 fully saturated rings.